The SMILES string of the molecule is CCC(C)(CC(C)(C)C(=O)OC1COC(OC(=O)C(C)(CC)CC(C)(C)C(=O)OC2CCC(C(=O)C=CC3CCCCC3)CC2)CO1)C(=O)OC1CCC(C(=O)C=CC2CCCCC2)CC1. The van der Waals surface area contributed by atoms with Crippen molar-refractivity contribution in [3.8, 4) is 0 Å². The van der Waals surface area contributed by atoms with Crippen molar-refractivity contribution < 1.29 is 57.2 Å². The van der Waals surface area contributed by atoms with Crippen LogP contribution in [-0.4, -0.2) is 73.4 Å². The summed E-state index contributed by atoms with van der Waals surface area (Å²) in [6, 6.07) is 0. The normalized spacial score (nSPS) is 28.2. The monoisotopic (exact) mass is 925 g/mol. The molecule has 5 aliphatic rings. The van der Waals surface area contributed by atoms with Crippen LogP contribution in [0, 0.1) is 45.3 Å². The highest BCUT2D eigenvalue weighted by Crippen LogP contribution is 2.42. The maximum Gasteiger partial charge on any atom is 0.314 e. The first-order chi connectivity index (χ1) is 31.3. The number of carbonyl (C=O) groups is 6. The highest BCUT2D eigenvalue weighted by atomic mass is 16.8. The first-order valence-corrected chi connectivity index (χ1v) is 25.8. The molecule has 4 aliphatic carbocycles. The van der Waals surface area contributed by atoms with Gasteiger partial charge in [-0.15, -0.1) is 0 Å². The van der Waals surface area contributed by atoms with E-state index in [9.17, 15) is 28.8 Å². The summed E-state index contributed by atoms with van der Waals surface area (Å²) in [7, 11) is 0. The molecule has 12 nitrogen and oxygen atoms in total. The van der Waals surface area contributed by atoms with Gasteiger partial charge < -0.3 is 28.4 Å². The predicted molar refractivity (Wildman–Crippen MR) is 250 cm³/mol. The molecule has 1 saturated heterocycles. The van der Waals surface area contributed by atoms with E-state index in [2.05, 4.69) is 12.2 Å². The Morgan fingerprint density at radius 3 is 1.15 bits per heavy atom. The fourth-order valence-corrected chi connectivity index (χ4v) is 10.8. The van der Waals surface area contributed by atoms with Gasteiger partial charge >= 0.3 is 23.9 Å². The predicted octanol–water partition coefficient (Wildman–Crippen LogP) is 11.1. The van der Waals surface area contributed by atoms with E-state index in [-0.39, 0.29) is 73.6 Å². The molecule has 66 heavy (non-hydrogen) atoms. The highest BCUT2D eigenvalue weighted by molar-refractivity contribution is 5.92. The molecule has 0 aromatic carbocycles. The molecule has 0 bridgehead atoms. The summed E-state index contributed by atoms with van der Waals surface area (Å²) < 4.78 is 35.1. The van der Waals surface area contributed by atoms with Gasteiger partial charge in [-0.05, 0) is 168 Å². The number of ketones is 2. The van der Waals surface area contributed by atoms with Crippen molar-refractivity contribution in [2.45, 2.75) is 221 Å². The highest BCUT2D eigenvalue weighted by Gasteiger charge is 2.47. The number of hydrogen-bond acceptors (Lipinski definition) is 12. The molecule has 0 N–H and O–H groups in total. The number of hydrogen-bond donors (Lipinski definition) is 0. The number of esters is 4. The Labute approximate surface area is 395 Å². The smallest absolute Gasteiger partial charge is 0.314 e. The van der Waals surface area contributed by atoms with Gasteiger partial charge in [0.05, 0.1) is 21.7 Å². The van der Waals surface area contributed by atoms with Gasteiger partial charge in [-0.25, -0.2) is 0 Å². The average molecular weight is 925 g/mol. The molecule has 0 amide bonds. The van der Waals surface area contributed by atoms with Crippen molar-refractivity contribution in [3.63, 3.8) is 0 Å². The number of carbonyl (C=O) groups excluding carboxylic acids is 6. The Hall–Kier alpha value is -3.38. The molecule has 4 unspecified atom stereocenters. The Morgan fingerprint density at radius 1 is 0.455 bits per heavy atom. The topological polar surface area (TPSA) is 158 Å². The fraction of sp³-hybridized carbons (Fsp3) is 0.815. The molecule has 0 aromatic heterocycles. The number of ether oxygens (including phenoxy) is 6. The third kappa shape index (κ3) is 15.3. The zero-order chi connectivity index (χ0) is 48.1. The fourth-order valence-electron chi connectivity index (χ4n) is 10.8. The van der Waals surface area contributed by atoms with Gasteiger partial charge in [-0.3, -0.25) is 28.8 Å². The summed E-state index contributed by atoms with van der Waals surface area (Å²) in [6.45, 7) is 14.0. The minimum atomic E-state index is -1.08. The Morgan fingerprint density at radius 2 is 0.788 bits per heavy atom. The largest absolute Gasteiger partial charge is 0.462 e. The van der Waals surface area contributed by atoms with Crippen molar-refractivity contribution in [3.05, 3.63) is 24.3 Å². The van der Waals surface area contributed by atoms with E-state index in [1.54, 1.807) is 46.8 Å². The molecule has 372 valence electrons. The Kier molecular flexibility index (Phi) is 19.7. The van der Waals surface area contributed by atoms with Crippen LogP contribution < -0.4 is 0 Å². The van der Waals surface area contributed by atoms with Crippen LogP contribution in [0.1, 0.15) is 197 Å². The zero-order valence-electron chi connectivity index (χ0n) is 41.8. The summed E-state index contributed by atoms with van der Waals surface area (Å²) >= 11 is 0. The average Bonchev–Trinajstić information content (AvgIpc) is 3.31. The lowest BCUT2D eigenvalue weighted by Crippen LogP contribution is -2.46. The molecular formula is C54H84O12. The summed E-state index contributed by atoms with van der Waals surface area (Å²) in [5.74, 6) is -0.530. The Bertz CT molecular complexity index is 1690. The first kappa shape index (κ1) is 53.6. The molecule has 4 saturated carbocycles. The minimum absolute atomic E-state index is 0.0365. The van der Waals surface area contributed by atoms with Crippen molar-refractivity contribution in [1.82, 2.24) is 0 Å². The van der Waals surface area contributed by atoms with Crippen LogP contribution in [0.25, 0.3) is 0 Å². The number of allylic oxidation sites excluding steroid dienone is 4. The van der Waals surface area contributed by atoms with E-state index in [1.165, 1.54) is 38.5 Å². The summed E-state index contributed by atoms with van der Waals surface area (Å²) in [5, 5.41) is 0. The van der Waals surface area contributed by atoms with E-state index >= 15 is 0 Å². The van der Waals surface area contributed by atoms with Gasteiger partial charge in [-0.2, -0.15) is 0 Å². The van der Waals surface area contributed by atoms with E-state index in [4.69, 9.17) is 28.4 Å². The second-order valence-electron chi connectivity index (χ2n) is 22.4. The van der Waals surface area contributed by atoms with Gasteiger partial charge in [0.15, 0.2) is 11.6 Å². The van der Waals surface area contributed by atoms with Crippen molar-refractivity contribution in [1.29, 1.82) is 0 Å². The van der Waals surface area contributed by atoms with Gasteiger partial charge in [0.2, 0.25) is 12.6 Å². The molecule has 12 heteroatoms. The molecule has 1 heterocycles. The van der Waals surface area contributed by atoms with Gasteiger partial charge in [0.1, 0.15) is 25.4 Å². The summed E-state index contributed by atoms with van der Waals surface area (Å²) in [4.78, 5) is 80.3. The molecular weight excluding hydrogens is 841 g/mol. The Balaban J connectivity index is 1.01. The number of rotatable bonds is 20. The molecule has 5 rings (SSSR count). The lowest BCUT2D eigenvalue weighted by atomic mass is 9.72. The van der Waals surface area contributed by atoms with Crippen LogP contribution in [0.3, 0.4) is 0 Å². The van der Waals surface area contributed by atoms with Crippen molar-refractivity contribution >= 4 is 35.4 Å². The van der Waals surface area contributed by atoms with E-state index in [1.807, 2.05) is 20.8 Å². The molecule has 4 atom stereocenters. The van der Waals surface area contributed by atoms with E-state index in [0.717, 1.165) is 25.7 Å². The van der Waals surface area contributed by atoms with Crippen molar-refractivity contribution in [2.75, 3.05) is 13.2 Å². The molecule has 5 fully saturated rings. The maximum atomic E-state index is 13.7. The van der Waals surface area contributed by atoms with Gasteiger partial charge in [0.25, 0.3) is 0 Å². The quantitative estimate of drug-likeness (QED) is 0.0647. The second-order valence-corrected chi connectivity index (χ2v) is 22.4. The van der Waals surface area contributed by atoms with Crippen LogP contribution in [-0.2, 0) is 57.2 Å². The van der Waals surface area contributed by atoms with Crippen LogP contribution in [0.5, 0.6) is 0 Å². The summed E-state index contributed by atoms with van der Waals surface area (Å²) in [5.41, 5.74) is -4.06. The second kappa shape index (κ2) is 24.3. The van der Waals surface area contributed by atoms with Gasteiger partial charge in [-0.1, -0.05) is 64.5 Å². The third-order valence-electron chi connectivity index (χ3n) is 15.7. The molecule has 1 aliphatic heterocycles. The van der Waals surface area contributed by atoms with Crippen LogP contribution in [0.4, 0.5) is 0 Å². The zero-order valence-corrected chi connectivity index (χ0v) is 41.8. The minimum Gasteiger partial charge on any atom is -0.462 e. The first-order valence-electron chi connectivity index (χ1n) is 25.8. The van der Waals surface area contributed by atoms with Crippen LogP contribution in [0.2, 0.25) is 0 Å². The van der Waals surface area contributed by atoms with Crippen LogP contribution >= 0.6 is 0 Å². The maximum absolute atomic E-state index is 13.7. The van der Waals surface area contributed by atoms with E-state index < -0.39 is 46.2 Å². The summed E-state index contributed by atoms with van der Waals surface area (Å²) in [6.07, 6.45) is 23.8. The van der Waals surface area contributed by atoms with Crippen molar-refractivity contribution in [2.24, 2.45) is 45.3 Å². The van der Waals surface area contributed by atoms with Crippen LogP contribution in [0.15, 0.2) is 24.3 Å². The third-order valence-corrected chi connectivity index (χ3v) is 15.7. The lowest BCUT2D eigenvalue weighted by Gasteiger charge is -2.38. The van der Waals surface area contributed by atoms with Gasteiger partial charge in [0, 0.05) is 11.8 Å². The van der Waals surface area contributed by atoms with E-state index in [0.29, 0.717) is 76.0 Å². The standard InChI is InChI=1S/C54H84O12/c1-9-53(7,49(59)64-42-29-25-40(26-30-42)44(56)32-22-38-19-15-12-16-20-38)36-52(5,6)48(58)65-45-33-62-46(34-61-45)66-50(60)54(8,10-2)35-51(3,4)47(57)63-41-27-23-39(24-28-41)43(55)31-21-37-17-13-11-14-18-37/h21-22,31-32,37-42,45-46H,9-20,23-30,33-36H2,1-8H3. The molecule has 0 radical (unpaired) electrons. The molecule has 0 spiro atoms. The lowest BCUT2D eigenvalue weighted by molar-refractivity contribution is -0.282. The molecule has 0 aromatic rings.